The second-order valence-corrected chi connectivity index (χ2v) is 9.06. The first-order valence-electron chi connectivity index (χ1n) is 10.7. The van der Waals surface area contributed by atoms with Crippen LogP contribution in [0.25, 0.3) is 6.08 Å². The Kier molecular flexibility index (Phi) is 6.58. The average molecular weight is 521 g/mol. The quantitative estimate of drug-likeness (QED) is 0.419. The van der Waals surface area contributed by atoms with Gasteiger partial charge in [-0.15, -0.1) is 0 Å². The summed E-state index contributed by atoms with van der Waals surface area (Å²) in [6, 6.07) is 18.6. The van der Waals surface area contributed by atoms with Crippen molar-refractivity contribution in [2.45, 2.75) is 6.61 Å². The SMILES string of the molecule is COc1cc(/C=C2\C(=N)N3N=C(c4ccccc4Cl)SC3=NC2=O)ccc1OCc1ccccc1F. The number of amidine groups is 2. The number of amides is 1. The molecule has 0 saturated heterocycles. The van der Waals surface area contributed by atoms with Gasteiger partial charge in [0.25, 0.3) is 5.91 Å². The summed E-state index contributed by atoms with van der Waals surface area (Å²) in [5, 5.41) is 15.7. The Balaban J connectivity index is 1.39. The van der Waals surface area contributed by atoms with Gasteiger partial charge in [0.2, 0.25) is 5.17 Å². The summed E-state index contributed by atoms with van der Waals surface area (Å²) < 4.78 is 25.1. The molecule has 0 bridgehead atoms. The normalized spacial score (nSPS) is 16.1. The highest BCUT2D eigenvalue weighted by atomic mass is 35.5. The van der Waals surface area contributed by atoms with Crippen molar-refractivity contribution in [3.05, 3.63) is 99.8 Å². The van der Waals surface area contributed by atoms with Gasteiger partial charge >= 0.3 is 0 Å². The van der Waals surface area contributed by atoms with Crippen LogP contribution < -0.4 is 9.47 Å². The van der Waals surface area contributed by atoms with Crippen LogP contribution in [0.5, 0.6) is 11.5 Å². The molecule has 0 fully saturated rings. The summed E-state index contributed by atoms with van der Waals surface area (Å²) in [6.45, 7) is 0.0302. The zero-order chi connectivity index (χ0) is 25.2. The largest absolute Gasteiger partial charge is 0.493 e. The molecule has 1 amide bonds. The fraction of sp³-hybridized carbons (Fsp3) is 0.0769. The van der Waals surface area contributed by atoms with Crippen LogP contribution in [0.2, 0.25) is 5.02 Å². The Hall–Kier alpha value is -3.95. The number of fused-ring (bicyclic) bond motifs is 1. The number of carbonyl (C=O) groups excluding carboxylic acids is 1. The van der Waals surface area contributed by atoms with E-state index in [1.807, 2.05) is 18.2 Å². The van der Waals surface area contributed by atoms with E-state index < -0.39 is 5.91 Å². The second-order valence-electron chi connectivity index (χ2n) is 7.70. The number of hydrazone groups is 1. The van der Waals surface area contributed by atoms with Gasteiger partial charge in [0.15, 0.2) is 17.3 Å². The molecule has 0 aromatic heterocycles. The third kappa shape index (κ3) is 4.62. The minimum atomic E-state index is -0.548. The van der Waals surface area contributed by atoms with Crippen LogP contribution in [0.4, 0.5) is 4.39 Å². The third-order valence-electron chi connectivity index (χ3n) is 5.40. The molecule has 36 heavy (non-hydrogen) atoms. The van der Waals surface area contributed by atoms with Crippen LogP contribution in [0.3, 0.4) is 0 Å². The number of carbonyl (C=O) groups is 1. The van der Waals surface area contributed by atoms with E-state index in [-0.39, 0.29) is 23.8 Å². The van der Waals surface area contributed by atoms with Crippen LogP contribution >= 0.6 is 23.4 Å². The zero-order valence-corrected chi connectivity index (χ0v) is 20.4. The number of hydrogen-bond acceptors (Lipinski definition) is 6. The van der Waals surface area contributed by atoms with Crippen LogP contribution in [-0.2, 0) is 11.4 Å². The van der Waals surface area contributed by atoms with Crippen molar-refractivity contribution in [2.24, 2.45) is 10.1 Å². The van der Waals surface area contributed by atoms with Gasteiger partial charge in [-0.3, -0.25) is 10.2 Å². The predicted octanol–water partition coefficient (Wildman–Crippen LogP) is 5.73. The second kappa shape index (κ2) is 9.96. The van der Waals surface area contributed by atoms with Crippen LogP contribution in [0.15, 0.2) is 82.4 Å². The number of nitrogens with one attached hydrogen (secondary N) is 1. The number of aliphatic imine (C=N–C) groups is 1. The van der Waals surface area contributed by atoms with Crippen LogP contribution in [0.1, 0.15) is 16.7 Å². The van der Waals surface area contributed by atoms with E-state index in [4.69, 9.17) is 26.5 Å². The van der Waals surface area contributed by atoms with Crippen LogP contribution in [0, 0.1) is 11.2 Å². The standard InChI is InChI=1S/C26H18ClFN4O3S/c1-34-22-13-15(10-11-21(22)35-14-16-6-2-5-9-20(16)28)12-18-23(29)32-26(30-24(18)33)36-25(31-32)17-7-3-4-8-19(17)27/h2-13,29H,14H2,1H3/b18-12+,29-23?. The van der Waals surface area contributed by atoms with E-state index in [0.29, 0.717) is 43.4 Å². The lowest BCUT2D eigenvalue weighted by Gasteiger charge is -2.20. The summed E-state index contributed by atoms with van der Waals surface area (Å²) in [6.07, 6.45) is 1.54. The molecule has 0 radical (unpaired) electrons. The highest BCUT2D eigenvalue weighted by Gasteiger charge is 2.36. The Bertz CT molecular complexity index is 1490. The van der Waals surface area contributed by atoms with Gasteiger partial charge in [0, 0.05) is 11.1 Å². The topological polar surface area (TPSA) is 87.3 Å². The molecule has 1 N–H and O–H groups in total. The summed E-state index contributed by atoms with van der Waals surface area (Å²) in [7, 11) is 1.49. The van der Waals surface area contributed by atoms with Crippen molar-refractivity contribution < 1.29 is 18.7 Å². The molecular weight excluding hydrogens is 503 g/mol. The average Bonchev–Trinajstić information content (AvgIpc) is 3.30. The molecule has 2 aliphatic heterocycles. The van der Waals surface area contributed by atoms with E-state index in [1.165, 1.54) is 29.9 Å². The Morgan fingerprint density at radius 1 is 1.11 bits per heavy atom. The van der Waals surface area contributed by atoms with Gasteiger partial charge in [-0.1, -0.05) is 54.1 Å². The fourth-order valence-corrected chi connectivity index (χ4v) is 4.78. The summed E-state index contributed by atoms with van der Waals surface area (Å²) in [5.74, 6) is -0.187. The molecular formula is C26H18ClFN4O3S. The third-order valence-corrected chi connectivity index (χ3v) is 6.67. The molecule has 3 aromatic rings. The smallest absolute Gasteiger partial charge is 0.283 e. The zero-order valence-electron chi connectivity index (χ0n) is 18.9. The first-order chi connectivity index (χ1) is 17.4. The number of ether oxygens (including phenoxy) is 2. The van der Waals surface area contributed by atoms with Gasteiger partial charge in [-0.25, -0.2) is 4.39 Å². The maximum Gasteiger partial charge on any atom is 0.283 e. The molecule has 180 valence electrons. The number of halogens is 2. The van der Waals surface area contributed by atoms with E-state index in [0.717, 1.165) is 0 Å². The predicted molar refractivity (Wildman–Crippen MR) is 139 cm³/mol. The highest BCUT2D eigenvalue weighted by Crippen LogP contribution is 2.34. The van der Waals surface area contributed by atoms with Crippen molar-refractivity contribution in [3.8, 4) is 11.5 Å². The lowest BCUT2D eigenvalue weighted by Crippen LogP contribution is -2.35. The molecule has 2 heterocycles. The molecule has 0 unspecified atom stereocenters. The molecule has 0 aliphatic carbocycles. The van der Waals surface area contributed by atoms with Crippen molar-refractivity contribution in [3.63, 3.8) is 0 Å². The van der Waals surface area contributed by atoms with Crippen molar-refractivity contribution in [2.75, 3.05) is 7.11 Å². The summed E-state index contributed by atoms with van der Waals surface area (Å²) >= 11 is 7.46. The maximum atomic E-state index is 13.9. The molecule has 7 nitrogen and oxygen atoms in total. The molecule has 0 spiro atoms. The lowest BCUT2D eigenvalue weighted by molar-refractivity contribution is -0.114. The van der Waals surface area contributed by atoms with Gasteiger partial charge in [-0.05, 0) is 47.7 Å². The van der Waals surface area contributed by atoms with Crippen LogP contribution in [-0.4, -0.2) is 34.1 Å². The fourth-order valence-electron chi connectivity index (χ4n) is 3.57. The van der Waals surface area contributed by atoms with Crippen molar-refractivity contribution in [1.29, 1.82) is 5.41 Å². The number of nitrogens with zero attached hydrogens (tertiary/aromatic N) is 3. The first-order valence-corrected chi connectivity index (χ1v) is 11.9. The van der Waals surface area contributed by atoms with Gasteiger partial charge in [0.1, 0.15) is 17.5 Å². The lowest BCUT2D eigenvalue weighted by atomic mass is 10.1. The maximum absolute atomic E-state index is 13.9. The van der Waals surface area contributed by atoms with Gasteiger partial charge < -0.3 is 9.47 Å². The van der Waals surface area contributed by atoms with E-state index in [9.17, 15) is 9.18 Å². The number of rotatable bonds is 6. The Morgan fingerprint density at radius 2 is 1.89 bits per heavy atom. The highest BCUT2D eigenvalue weighted by molar-refractivity contribution is 8.27. The van der Waals surface area contributed by atoms with Gasteiger partial charge in [0.05, 0.1) is 17.7 Å². The van der Waals surface area contributed by atoms with E-state index >= 15 is 0 Å². The Morgan fingerprint density at radius 3 is 2.67 bits per heavy atom. The minimum Gasteiger partial charge on any atom is -0.493 e. The van der Waals surface area contributed by atoms with Gasteiger partial charge in [-0.2, -0.15) is 15.1 Å². The first kappa shape index (κ1) is 23.8. The number of methoxy groups -OCH3 is 1. The molecule has 5 rings (SSSR count). The molecule has 0 saturated carbocycles. The number of hydrogen-bond donors (Lipinski definition) is 1. The van der Waals surface area contributed by atoms with E-state index in [1.54, 1.807) is 48.5 Å². The molecule has 3 aromatic carbocycles. The Labute approximate surface area is 215 Å². The monoisotopic (exact) mass is 520 g/mol. The summed E-state index contributed by atoms with van der Waals surface area (Å²) in [5.41, 5.74) is 1.79. The molecule has 0 atom stereocenters. The minimum absolute atomic E-state index is 0.0302. The van der Waals surface area contributed by atoms with E-state index in [2.05, 4.69) is 10.1 Å². The molecule has 10 heteroatoms. The number of benzene rings is 3. The summed E-state index contributed by atoms with van der Waals surface area (Å²) in [4.78, 5) is 16.9. The van der Waals surface area contributed by atoms with Crippen molar-refractivity contribution in [1.82, 2.24) is 5.01 Å². The molecule has 2 aliphatic rings. The van der Waals surface area contributed by atoms with Crippen molar-refractivity contribution >= 4 is 51.4 Å². The number of thioether (sulfide) groups is 1.